The molecule has 0 unspecified atom stereocenters. The van der Waals surface area contributed by atoms with E-state index in [9.17, 15) is 14.4 Å². The summed E-state index contributed by atoms with van der Waals surface area (Å²) in [6, 6.07) is 18.3. The summed E-state index contributed by atoms with van der Waals surface area (Å²) >= 11 is 0. The van der Waals surface area contributed by atoms with Crippen molar-refractivity contribution in [1.82, 2.24) is 10.9 Å². The van der Waals surface area contributed by atoms with Crippen molar-refractivity contribution in [2.24, 2.45) is 5.92 Å². The molecular formula is C24H23N3O3. The van der Waals surface area contributed by atoms with Gasteiger partial charge in [-0.1, -0.05) is 43.3 Å². The summed E-state index contributed by atoms with van der Waals surface area (Å²) in [7, 11) is 0. The van der Waals surface area contributed by atoms with Gasteiger partial charge in [-0.25, -0.2) is 0 Å². The Kier molecular flexibility index (Phi) is 5.48. The average molecular weight is 401 g/mol. The van der Waals surface area contributed by atoms with Gasteiger partial charge >= 0.3 is 0 Å². The molecular weight excluding hydrogens is 378 g/mol. The summed E-state index contributed by atoms with van der Waals surface area (Å²) in [6.07, 6.45) is 2.62. The van der Waals surface area contributed by atoms with E-state index in [0.717, 1.165) is 35.6 Å². The third kappa shape index (κ3) is 4.33. The van der Waals surface area contributed by atoms with E-state index in [4.69, 9.17) is 0 Å². The second kappa shape index (κ2) is 8.37. The second-order valence-electron chi connectivity index (χ2n) is 7.47. The van der Waals surface area contributed by atoms with E-state index in [-0.39, 0.29) is 11.8 Å². The third-order valence-corrected chi connectivity index (χ3v) is 5.25. The number of benzene rings is 3. The van der Waals surface area contributed by atoms with Gasteiger partial charge in [-0.3, -0.25) is 25.2 Å². The van der Waals surface area contributed by atoms with Crippen LogP contribution in [0.15, 0.2) is 60.7 Å². The van der Waals surface area contributed by atoms with Crippen LogP contribution in [-0.2, 0) is 11.2 Å². The van der Waals surface area contributed by atoms with Crippen molar-refractivity contribution in [3.05, 3.63) is 77.4 Å². The van der Waals surface area contributed by atoms with Crippen molar-refractivity contribution in [1.29, 1.82) is 0 Å². The lowest BCUT2D eigenvalue weighted by Gasteiger charge is -2.14. The van der Waals surface area contributed by atoms with Crippen LogP contribution in [0.4, 0.5) is 5.69 Å². The van der Waals surface area contributed by atoms with Crippen LogP contribution in [0.25, 0.3) is 10.8 Å². The highest BCUT2D eigenvalue weighted by Crippen LogP contribution is 2.31. The summed E-state index contributed by atoms with van der Waals surface area (Å²) in [4.78, 5) is 37.5. The van der Waals surface area contributed by atoms with Gasteiger partial charge in [-0.05, 0) is 59.9 Å². The minimum Gasteiger partial charge on any atom is -0.325 e. The molecule has 1 saturated carbocycles. The molecule has 3 aromatic rings. The summed E-state index contributed by atoms with van der Waals surface area (Å²) in [5.74, 6) is -0.974. The highest BCUT2D eigenvalue weighted by atomic mass is 16.2. The van der Waals surface area contributed by atoms with E-state index < -0.39 is 11.8 Å². The number of fused-ring (bicyclic) bond motifs is 1. The fourth-order valence-corrected chi connectivity index (χ4v) is 3.26. The lowest BCUT2D eigenvalue weighted by Crippen LogP contribution is -2.42. The van der Waals surface area contributed by atoms with Gasteiger partial charge in [0.05, 0.1) is 11.3 Å². The molecule has 0 aromatic heterocycles. The van der Waals surface area contributed by atoms with Gasteiger partial charge in [0.2, 0.25) is 5.91 Å². The quantitative estimate of drug-likeness (QED) is 0.568. The van der Waals surface area contributed by atoms with Crippen molar-refractivity contribution in [3.8, 4) is 0 Å². The Morgan fingerprint density at radius 1 is 0.867 bits per heavy atom. The molecule has 0 radical (unpaired) electrons. The number of carbonyl (C=O) groups excluding carboxylic acids is 3. The molecule has 0 spiro atoms. The molecule has 0 saturated heterocycles. The minimum absolute atomic E-state index is 0.0122. The molecule has 6 nitrogen and oxygen atoms in total. The van der Waals surface area contributed by atoms with Gasteiger partial charge in [0.1, 0.15) is 0 Å². The van der Waals surface area contributed by atoms with E-state index in [1.54, 1.807) is 24.3 Å². The smallest absolute Gasteiger partial charge is 0.271 e. The zero-order chi connectivity index (χ0) is 21.1. The van der Waals surface area contributed by atoms with Gasteiger partial charge in [-0.2, -0.15) is 0 Å². The molecule has 152 valence electrons. The molecule has 1 fully saturated rings. The Morgan fingerprint density at radius 2 is 1.50 bits per heavy atom. The maximum absolute atomic E-state index is 12.8. The summed E-state index contributed by atoms with van der Waals surface area (Å²) in [6.45, 7) is 2.04. The molecule has 1 aliphatic carbocycles. The largest absolute Gasteiger partial charge is 0.325 e. The molecule has 0 heterocycles. The van der Waals surface area contributed by atoms with Crippen LogP contribution in [0.5, 0.6) is 0 Å². The Bertz CT molecular complexity index is 1120. The molecule has 3 aromatic carbocycles. The zero-order valence-corrected chi connectivity index (χ0v) is 16.7. The van der Waals surface area contributed by atoms with Crippen LogP contribution < -0.4 is 16.2 Å². The standard InChI is InChI=1S/C24H23N3O3/c1-2-15-7-9-17(10-8-15)23(29)26-27-24(30)20-13-18-5-3-4-6-19(18)14-21(20)25-22(28)16-11-12-16/h3-10,13-14,16H,2,11-12H2,1H3,(H,25,28)(H,26,29)(H,27,30). The SMILES string of the molecule is CCc1ccc(C(=O)NNC(=O)c2cc3ccccc3cc2NC(=O)C2CC2)cc1. The Hall–Kier alpha value is -3.67. The van der Waals surface area contributed by atoms with E-state index in [1.165, 1.54) is 0 Å². The highest BCUT2D eigenvalue weighted by Gasteiger charge is 2.30. The van der Waals surface area contributed by atoms with Crippen LogP contribution in [0.3, 0.4) is 0 Å². The van der Waals surface area contributed by atoms with E-state index in [2.05, 4.69) is 16.2 Å². The predicted molar refractivity (Wildman–Crippen MR) is 116 cm³/mol. The van der Waals surface area contributed by atoms with Crippen molar-refractivity contribution >= 4 is 34.2 Å². The van der Waals surface area contributed by atoms with Crippen LogP contribution in [0.2, 0.25) is 0 Å². The first-order valence-corrected chi connectivity index (χ1v) is 10.1. The van der Waals surface area contributed by atoms with Crippen molar-refractivity contribution in [2.45, 2.75) is 26.2 Å². The van der Waals surface area contributed by atoms with E-state index in [0.29, 0.717) is 16.8 Å². The average Bonchev–Trinajstić information content (AvgIpc) is 3.62. The molecule has 0 aliphatic heterocycles. The fraction of sp³-hybridized carbons (Fsp3) is 0.208. The van der Waals surface area contributed by atoms with E-state index in [1.807, 2.05) is 43.3 Å². The first kappa shape index (κ1) is 19.6. The Labute approximate surface area is 174 Å². The van der Waals surface area contributed by atoms with Crippen LogP contribution >= 0.6 is 0 Å². The lowest BCUT2D eigenvalue weighted by molar-refractivity contribution is -0.117. The van der Waals surface area contributed by atoms with Crippen molar-refractivity contribution < 1.29 is 14.4 Å². The maximum atomic E-state index is 12.8. The monoisotopic (exact) mass is 401 g/mol. The number of aryl methyl sites for hydroxylation is 1. The molecule has 0 bridgehead atoms. The number of nitrogens with one attached hydrogen (secondary N) is 3. The third-order valence-electron chi connectivity index (χ3n) is 5.25. The molecule has 0 atom stereocenters. The topological polar surface area (TPSA) is 87.3 Å². The van der Waals surface area contributed by atoms with Crippen molar-refractivity contribution in [2.75, 3.05) is 5.32 Å². The van der Waals surface area contributed by atoms with Crippen molar-refractivity contribution in [3.63, 3.8) is 0 Å². The van der Waals surface area contributed by atoms with Gasteiger partial charge in [0, 0.05) is 11.5 Å². The molecule has 4 rings (SSSR count). The van der Waals surface area contributed by atoms with Gasteiger partial charge in [0.25, 0.3) is 11.8 Å². The first-order chi connectivity index (χ1) is 14.5. The minimum atomic E-state index is -0.495. The lowest BCUT2D eigenvalue weighted by atomic mass is 10.0. The predicted octanol–water partition coefficient (Wildman–Crippen LogP) is 3.83. The van der Waals surface area contributed by atoms with Gasteiger partial charge in [-0.15, -0.1) is 0 Å². The summed E-state index contributed by atoms with van der Waals surface area (Å²) in [5.41, 5.74) is 7.22. The second-order valence-corrected chi connectivity index (χ2v) is 7.47. The normalized spacial score (nSPS) is 13.0. The number of hydrogen-bond acceptors (Lipinski definition) is 3. The number of carbonyl (C=O) groups is 3. The number of amides is 3. The van der Waals surface area contributed by atoms with Gasteiger partial charge in [0.15, 0.2) is 0 Å². The molecule has 30 heavy (non-hydrogen) atoms. The maximum Gasteiger partial charge on any atom is 0.271 e. The number of hydrogen-bond donors (Lipinski definition) is 3. The van der Waals surface area contributed by atoms with Gasteiger partial charge < -0.3 is 5.32 Å². The zero-order valence-electron chi connectivity index (χ0n) is 16.7. The summed E-state index contributed by atoms with van der Waals surface area (Å²) in [5, 5.41) is 4.65. The first-order valence-electron chi connectivity index (χ1n) is 10.1. The fourth-order valence-electron chi connectivity index (χ4n) is 3.26. The van der Waals surface area contributed by atoms with E-state index >= 15 is 0 Å². The number of rotatable bonds is 5. The Balaban J connectivity index is 1.53. The summed E-state index contributed by atoms with van der Waals surface area (Å²) < 4.78 is 0. The highest BCUT2D eigenvalue weighted by molar-refractivity contribution is 6.09. The molecule has 3 amide bonds. The molecule has 6 heteroatoms. The van der Waals surface area contributed by atoms with Crippen LogP contribution in [0, 0.1) is 5.92 Å². The molecule has 3 N–H and O–H groups in total. The number of hydrazine groups is 1. The molecule has 1 aliphatic rings. The van der Waals surface area contributed by atoms with Crippen LogP contribution in [-0.4, -0.2) is 17.7 Å². The number of anilines is 1. The Morgan fingerprint density at radius 3 is 2.13 bits per heavy atom. The van der Waals surface area contributed by atoms with Crippen LogP contribution in [0.1, 0.15) is 46.0 Å².